The number of halogens is 1. The molecular weight excluding hydrogens is 478 g/mol. The minimum Gasteiger partial charge on any atom is -0.483 e. The van der Waals surface area contributed by atoms with E-state index in [-0.39, 0.29) is 24.9 Å². The molecule has 0 radical (unpaired) electrons. The number of para-hydroxylation sites is 1. The van der Waals surface area contributed by atoms with Gasteiger partial charge in [-0.1, -0.05) is 48.5 Å². The second-order valence-electron chi connectivity index (χ2n) is 8.57. The molecule has 8 heteroatoms. The van der Waals surface area contributed by atoms with E-state index in [9.17, 15) is 9.59 Å². The fraction of sp³-hybridized carbons (Fsp3) is 0.286. The maximum Gasteiger partial charge on any atom is 0.337 e. The molecule has 1 amide bonds. The topological polar surface area (TPSA) is 71.1 Å². The third-order valence-corrected chi connectivity index (χ3v) is 6.11. The molecule has 0 bridgehead atoms. The Morgan fingerprint density at radius 2 is 1.61 bits per heavy atom. The quantitative estimate of drug-likeness (QED) is 0.449. The average molecular weight is 510 g/mol. The van der Waals surface area contributed by atoms with Crippen LogP contribution in [0.4, 0.5) is 11.4 Å². The number of ether oxygens (including phenoxy) is 2. The van der Waals surface area contributed by atoms with Gasteiger partial charge in [0.1, 0.15) is 5.75 Å². The maximum atomic E-state index is 12.8. The van der Waals surface area contributed by atoms with Gasteiger partial charge in [0.25, 0.3) is 5.91 Å². The molecule has 0 spiro atoms. The van der Waals surface area contributed by atoms with Crippen LogP contribution in [0.1, 0.15) is 21.5 Å². The summed E-state index contributed by atoms with van der Waals surface area (Å²) >= 11 is 0. The third-order valence-electron chi connectivity index (χ3n) is 6.11. The van der Waals surface area contributed by atoms with Crippen LogP contribution in [0.25, 0.3) is 0 Å². The summed E-state index contributed by atoms with van der Waals surface area (Å²) in [5.41, 5.74) is 4.09. The molecule has 0 unspecified atom stereocenters. The third kappa shape index (κ3) is 6.99. The van der Waals surface area contributed by atoms with E-state index in [0.717, 1.165) is 44.0 Å². The van der Waals surface area contributed by atoms with Gasteiger partial charge in [0, 0.05) is 32.7 Å². The molecule has 190 valence electrons. The Morgan fingerprint density at radius 1 is 0.917 bits per heavy atom. The van der Waals surface area contributed by atoms with Crippen LogP contribution in [0, 0.1) is 6.92 Å². The largest absolute Gasteiger partial charge is 0.483 e. The van der Waals surface area contributed by atoms with Gasteiger partial charge in [0.15, 0.2) is 6.61 Å². The summed E-state index contributed by atoms with van der Waals surface area (Å²) in [6, 6.07) is 23.3. The second kappa shape index (κ2) is 13.0. The zero-order chi connectivity index (χ0) is 24.6. The van der Waals surface area contributed by atoms with Crippen LogP contribution in [0.3, 0.4) is 0 Å². The van der Waals surface area contributed by atoms with Crippen molar-refractivity contribution >= 4 is 35.7 Å². The standard InChI is InChI=1S/C28H31N3O4.ClH/c1-21-8-6-7-11-26(21)35-20-27(32)29-24-18-23(28(33)34-2)12-13-25(24)31-16-14-30(15-17-31)19-22-9-4-3-5-10-22;/h3-13,18H,14-17,19-20H2,1-2H3,(H,29,32);1H. The molecule has 1 N–H and O–H groups in total. The highest BCUT2D eigenvalue weighted by Gasteiger charge is 2.21. The van der Waals surface area contributed by atoms with Gasteiger partial charge < -0.3 is 19.7 Å². The van der Waals surface area contributed by atoms with Gasteiger partial charge in [0.2, 0.25) is 0 Å². The molecule has 0 aromatic heterocycles. The van der Waals surface area contributed by atoms with Crippen molar-refractivity contribution in [3.63, 3.8) is 0 Å². The maximum absolute atomic E-state index is 12.8. The Balaban J connectivity index is 0.00000361. The summed E-state index contributed by atoms with van der Waals surface area (Å²) in [6.07, 6.45) is 0. The van der Waals surface area contributed by atoms with Crippen LogP contribution in [-0.2, 0) is 16.1 Å². The molecular formula is C28H32ClN3O4. The summed E-state index contributed by atoms with van der Waals surface area (Å²) in [4.78, 5) is 29.5. The van der Waals surface area contributed by atoms with Gasteiger partial charge >= 0.3 is 5.97 Å². The summed E-state index contributed by atoms with van der Waals surface area (Å²) in [6.45, 7) is 6.14. The van der Waals surface area contributed by atoms with Crippen LogP contribution < -0.4 is 15.0 Å². The smallest absolute Gasteiger partial charge is 0.337 e. The summed E-state index contributed by atoms with van der Waals surface area (Å²) < 4.78 is 10.6. The zero-order valence-electron chi connectivity index (χ0n) is 20.6. The normalized spacial score (nSPS) is 13.4. The minimum atomic E-state index is -0.448. The van der Waals surface area contributed by atoms with Crippen LogP contribution in [0.2, 0.25) is 0 Å². The molecule has 1 saturated heterocycles. The molecule has 36 heavy (non-hydrogen) atoms. The van der Waals surface area contributed by atoms with Crippen LogP contribution in [0.5, 0.6) is 5.75 Å². The number of hydrogen-bond donors (Lipinski definition) is 1. The van der Waals surface area contributed by atoms with E-state index in [4.69, 9.17) is 9.47 Å². The summed E-state index contributed by atoms with van der Waals surface area (Å²) in [5.74, 6) is -0.0733. The van der Waals surface area contributed by atoms with Crippen LogP contribution >= 0.6 is 12.4 Å². The van der Waals surface area contributed by atoms with E-state index in [2.05, 4.69) is 39.4 Å². The van der Waals surface area contributed by atoms with Crippen molar-refractivity contribution in [2.45, 2.75) is 13.5 Å². The zero-order valence-corrected chi connectivity index (χ0v) is 21.4. The first-order valence-corrected chi connectivity index (χ1v) is 11.8. The van der Waals surface area contributed by atoms with Gasteiger partial charge in [-0.3, -0.25) is 9.69 Å². The summed E-state index contributed by atoms with van der Waals surface area (Å²) in [5, 5.41) is 2.94. The van der Waals surface area contributed by atoms with Crippen LogP contribution in [0.15, 0.2) is 72.8 Å². The van der Waals surface area contributed by atoms with E-state index in [1.807, 2.05) is 43.3 Å². The van der Waals surface area contributed by atoms with E-state index in [0.29, 0.717) is 17.0 Å². The van der Waals surface area contributed by atoms with Gasteiger partial charge in [-0.25, -0.2) is 4.79 Å². The first kappa shape index (κ1) is 27.0. The minimum absolute atomic E-state index is 0. The number of rotatable bonds is 8. The van der Waals surface area contributed by atoms with Crippen molar-refractivity contribution in [2.24, 2.45) is 0 Å². The number of carbonyl (C=O) groups excluding carboxylic acids is 2. The Bertz CT molecular complexity index is 1160. The predicted octanol–water partition coefficient (Wildman–Crippen LogP) is 4.54. The molecule has 4 rings (SSSR count). The number of aryl methyl sites for hydroxylation is 1. The molecule has 1 aliphatic rings. The fourth-order valence-corrected chi connectivity index (χ4v) is 4.19. The number of nitrogens with zero attached hydrogens (tertiary/aromatic N) is 2. The van der Waals surface area contributed by atoms with E-state index < -0.39 is 5.97 Å². The SMILES string of the molecule is COC(=O)c1ccc(N2CCN(Cc3ccccc3)CC2)c(NC(=O)COc2ccccc2C)c1.Cl. The number of piperazine rings is 1. The number of carbonyl (C=O) groups is 2. The van der Waals surface area contributed by atoms with E-state index >= 15 is 0 Å². The van der Waals surface area contributed by atoms with E-state index in [1.165, 1.54) is 12.7 Å². The Hall–Kier alpha value is -3.55. The Labute approximate surface area is 218 Å². The monoisotopic (exact) mass is 509 g/mol. The van der Waals surface area contributed by atoms with Crippen molar-refractivity contribution < 1.29 is 19.1 Å². The van der Waals surface area contributed by atoms with E-state index in [1.54, 1.807) is 12.1 Å². The molecule has 3 aromatic rings. The molecule has 0 atom stereocenters. The lowest BCUT2D eigenvalue weighted by Crippen LogP contribution is -2.46. The molecule has 7 nitrogen and oxygen atoms in total. The molecule has 1 aliphatic heterocycles. The number of hydrogen-bond acceptors (Lipinski definition) is 6. The molecule has 1 fully saturated rings. The first-order valence-electron chi connectivity index (χ1n) is 11.8. The van der Waals surface area contributed by atoms with Gasteiger partial charge in [-0.15, -0.1) is 12.4 Å². The lowest BCUT2D eigenvalue weighted by Gasteiger charge is -2.37. The Morgan fingerprint density at radius 3 is 2.31 bits per heavy atom. The lowest BCUT2D eigenvalue weighted by molar-refractivity contribution is -0.118. The highest BCUT2D eigenvalue weighted by molar-refractivity contribution is 5.98. The van der Waals surface area contributed by atoms with Crippen molar-refractivity contribution in [3.8, 4) is 5.75 Å². The number of anilines is 2. The van der Waals surface area contributed by atoms with Gasteiger partial charge in [-0.05, 0) is 42.3 Å². The highest BCUT2D eigenvalue weighted by Crippen LogP contribution is 2.29. The van der Waals surface area contributed by atoms with Crippen LogP contribution in [-0.4, -0.2) is 56.7 Å². The lowest BCUT2D eigenvalue weighted by atomic mass is 10.1. The van der Waals surface area contributed by atoms with Gasteiger partial charge in [-0.2, -0.15) is 0 Å². The number of benzene rings is 3. The average Bonchev–Trinajstić information content (AvgIpc) is 2.89. The molecule has 1 heterocycles. The van der Waals surface area contributed by atoms with Crippen molar-refractivity contribution in [1.29, 1.82) is 0 Å². The number of amides is 1. The fourth-order valence-electron chi connectivity index (χ4n) is 4.19. The first-order chi connectivity index (χ1) is 17.0. The molecule has 0 saturated carbocycles. The highest BCUT2D eigenvalue weighted by atomic mass is 35.5. The number of methoxy groups -OCH3 is 1. The number of esters is 1. The predicted molar refractivity (Wildman–Crippen MR) is 144 cm³/mol. The summed E-state index contributed by atoms with van der Waals surface area (Å²) in [7, 11) is 1.34. The second-order valence-corrected chi connectivity index (χ2v) is 8.57. The van der Waals surface area contributed by atoms with Gasteiger partial charge in [0.05, 0.1) is 24.0 Å². The van der Waals surface area contributed by atoms with Crippen molar-refractivity contribution in [2.75, 3.05) is 50.1 Å². The number of nitrogens with one attached hydrogen (secondary N) is 1. The molecule has 0 aliphatic carbocycles. The molecule has 3 aromatic carbocycles. The van der Waals surface area contributed by atoms with Crippen molar-refractivity contribution in [1.82, 2.24) is 4.90 Å². The Kier molecular flexibility index (Phi) is 9.73. The van der Waals surface area contributed by atoms with Crippen molar-refractivity contribution in [3.05, 3.63) is 89.5 Å².